The van der Waals surface area contributed by atoms with Crippen LogP contribution in [0.4, 0.5) is 0 Å². The number of likely N-dealkylation sites (tertiary alicyclic amines) is 1. The summed E-state index contributed by atoms with van der Waals surface area (Å²) in [5, 5.41) is 6.75. The molecule has 1 unspecified atom stereocenters. The molecule has 1 aliphatic rings. The Morgan fingerprint density at radius 1 is 1.26 bits per heavy atom. The fourth-order valence-corrected chi connectivity index (χ4v) is 2.92. The molecule has 0 amide bonds. The maximum atomic E-state index is 5.58. The van der Waals surface area contributed by atoms with E-state index >= 15 is 0 Å². The van der Waals surface area contributed by atoms with Gasteiger partial charge in [-0.15, -0.1) is 0 Å². The Hall–Kier alpha value is -0.810. The van der Waals surface area contributed by atoms with Gasteiger partial charge in [0.1, 0.15) is 0 Å². The zero-order valence-electron chi connectivity index (χ0n) is 15.7. The minimum atomic E-state index is 0.611. The molecular formula is C18H38N4O. The second-order valence-corrected chi connectivity index (χ2v) is 7.15. The van der Waals surface area contributed by atoms with Crippen LogP contribution >= 0.6 is 0 Å². The van der Waals surface area contributed by atoms with Crippen LogP contribution in [0.2, 0.25) is 0 Å². The molecule has 1 saturated heterocycles. The first-order chi connectivity index (χ1) is 11.1. The molecule has 0 aromatic carbocycles. The predicted octanol–water partition coefficient (Wildman–Crippen LogP) is 2.34. The van der Waals surface area contributed by atoms with E-state index in [4.69, 9.17) is 4.74 Å². The van der Waals surface area contributed by atoms with Crippen molar-refractivity contribution in [2.24, 2.45) is 16.8 Å². The Balaban J connectivity index is 1.99. The van der Waals surface area contributed by atoms with Gasteiger partial charge < -0.3 is 20.3 Å². The molecule has 1 heterocycles. The van der Waals surface area contributed by atoms with Gasteiger partial charge in [-0.25, -0.2) is 0 Å². The van der Waals surface area contributed by atoms with E-state index in [-0.39, 0.29) is 0 Å². The van der Waals surface area contributed by atoms with Crippen molar-refractivity contribution in [2.45, 2.75) is 46.5 Å². The number of hydrogen-bond acceptors (Lipinski definition) is 3. The molecule has 1 aliphatic heterocycles. The topological polar surface area (TPSA) is 48.9 Å². The Labute approximate surface area is 143 Å². The molecule has 0 saturated carbocycles. The van der Waals surface area contributed by atoms with Gasteiger partial charge in [0, 0.05) is 39.9 Å². The number of aliphatic imine (C=N–C) groups is 1. The molecule has 0 bridgehead atoms. The average molecular weight is 327 g/mol. The number of guanidine groups is 1. The summed E-state index contributed by atoms with van der Waals surface area (Å²) in [5.41, 5.74) is 0. The van der Waals surface area contributed by atoms with Gasteiger partial charge in [0.05, 0.1) is 0 Å². The van der Waals surface area contributed by atoms with Gasteiger partial charge in [-0.3, -0.25) is 4.99 Å². The largest absolute Gasteiger partial charge is 0.381 e. The number of ether oxygens (including phenoxy) is 1. The summed E-state index contributed by atoms with van der Waals surface area (Å²) in [6.07, 6.45) is 4.94. The summed E-state index contributed by atoms with van der Waals surface area (Å²) >= 11 is 0. The summed E-state index contributed by atoms with van der Waals surface area (Å²) in [6, 6.07) is 0. The van der Waals surface area contributed by atoms with Crippen LogP contribution < -0.4 is 10.6 Å². The Morgan fingerprint density at radius 2 is 2.00 bits per heavy atom. The Kier molecular flexibility index (Phi) is 11.1. The standard InChI is InChI=1S/C18H38N4O/c1-16(2)15-23-13-7-10-21-18(19-4)20-9-6-12-22-11-5-8-17(3)14-22/h16-17H,5-15H2,1-4H3,(H2,19,20,21). The third-order valence-electron chi connectivity index (χ3n) is 4.12. The van der Waals surface area contributed by atoms with Crippen LogP contribution in [-0.2, 0) is 4.74 Å². The molecule has 0 aliphatic carbocycles. The van der Waals surface area contributed by atoms with Crippen molar-refractivity contribution in [3.05, 3.63) is 0 Å². The van der Waals surface area contributed by atoms with Gasteiger partial charge in [-0.05, 0) is 50.6 Å². The Morgan fingerprint density at radius 3 is 2.65 bits per heavy atom. The first kappa shape index (κ1) is 20.2. The normalized spacial score (nSPS) is 20.0. The van der Waals surface area contributed by atoms with Gasteiger partial charge in [0.2, 0.25) is 0 Å². The summed E-state index contributed by atoms with van der Waals surface area (Å²) in [4.78, 5) is 6.87. The minimum Gasteiger partial charge on any atom is -0.381 e. The van der Waals surface area contributed by atoms with E-state index in [2.05, 4.69) is 41.3 Å². The molecular weight excluding hydrogens is 288 g/mol. The van der Waals surface area contributed by atoms with Gasteiger partial charge in [-0.1, -0.05) is 20.8 Å². The number of rotatable bonds is 10. The van der Waals surface area contributed by atoms with Gasteiger partial charge in [-0.2, -0.15) is 0 Å². The molecule has 0 radical (unpaired) electrons. The molecule has 136 valence electrons. The van der Waals surface area contributed by atoms with Crippen molar-refractivity contribution in [1.29, 1.82) is 0 Å². The summed E-state index contributed by atoms with van der Waals surface area (Å²) < 4.78 is 5.58. The van der Waals surface area contributed by atoms with Gasteiger partial charge in [0.25, 0.3) is 0 Å². The minimum absolute atomic E-state index is 0.611. The van der Waals surface area contributed by atoms with E-state index < -0.39 is 0 Å². The van der Waals surface area contributed by atoms with E-state index in [1.165, 1.54) is 38.9 Å². The van der Waals surface area contributed by atoms with Crippen molar-refractivity contribution in [1.82, 2.24) is 15.5 Å². The van der Waals surface area contributed by atoms with Crippen LogP contribution in [0.25, 0.3) is 0 Å². The quantitative estimate of drug-likeness (QED) is 0.367. The van der Waals surface area contributed by atoms with Crippen LogP contribution in [-0.4, -0.2) is 63.8 Å². The third kappa shape index (κ3) is 10.6. The van der Waals surface area contributed by atoms with Crippen LogP contribution in [0.1, 0.15) is 46.5 Å². The lowest BCUT2D eigenvalue weighted by molar-refractivity contribution is 0.108. The molecule has 5 heteroatoms. The molecule has 5 nitrogen and oxygen atoms in total. The molecule has 1 atom stereocenters. The lowest BCUT2D eigenvalue weighted by atomic mass is 10.0. The van der Waals surface area contributed by atoms with Crippen molar-refractivity contribution >= 4 is 5.96 Å². The number of piperidine rings is 1. The van der Waals surface area contributed by atoms with E-state index in [0.717, 1.165) is 44.6 Å². The molecule has 1 rings (SSSR count). The number of hydrogen-bond donors (Lipinski definition) is 2. The first-order valence-electron chi connectivity index (χ1n) is 9.36. The van der Waals surface area contributed by atoms with Crippen LogP contribution in [0.5, 0.6) is 0 Å². The lowest BCUT2D eigenvalue weighted by Gasteiger charge is -2.30. The van der Waals surface area contributed by atoms with Crippen molar-refractivity contribution in [2.75, 3.05) is 53.0 Å². The Bertz CT molecular complexity index is 320. The first-order valence-corrected chi connectivity index (χ1v) is 9.36. The van der Waals surface area contributed by atoms with E-state index in [1.807, 2.05) is 7.05 Å². The highest BCUT2D eigenvalue weighted by atomic mass is 16.5. The zero-order chi connectivity index (χ0) is 16.9. The SMILES string of the molecule is CN=C(NCCCOCC(C)C)NCCCN1CCCC(C)C1. The molecule has 0 aromatic heterocycles. The van der Waals surface area contributed by atoms with Crippen LogP contribution in [0, 0.1) is 11.8 Å². The molecule has 0 aromatic rings. The fourth-order valence-electron chi connectivity index (χ4n) is 2.92. The number of nitrogens with one attached hydrogen (secondary N) is 2. The van der Waals surface area contributed by atoms with Crippen molar-refractivity contribution in [3.63, 3.8) is 0 Å². The summed E-state index contributed by atoms with van der Waals surface area (Å²) in [5.74, 6) is 2.38. The summed E-state index contributed by atoms with van der Waals surface area (Å²) in [6.45, 7) is 14.0. The molecule has 23 heavy (non-hydrogen) atoms. The maximum absolute atomic E-state index is 5.58. The van der Waals surface area contributed by atoms with E-state index in [0.29, 0.717) is 5.92 Å². The molecule has 2 N–H and O–H groups in total. The third-order valence-corrected chi connectivity index (χ3v) is 4.12. The van der Waals surface area contributed by atoms with Crippen LogP contribution in [0.15, 0.2) is 4.99 Å². The van der Waals surface area contributed by atoms with E-state index in [9.17, 15) is 0 Å². The maximum Gasteiger partial charge on any atom is 0.190 e. The number of nitrogens with zero attached hydrogens (tertiary/aromatic N) is 2. The van der Waals surface area contributed by atoms with Crippen molar-refractivity contribution < 1.29 is 4.74 Å². The second-order valence-electron chi connectivity index (χ2n) is 7.15. The average Bonchev–Trinajstić information content (AvgIpc) is 2.52. The molecule has 1 fully saturated rings. The highest BCUT2D eigenvalue weighted by molar-refractivity contribution is 5.79. The predicted molar refractivity (Wildman–Crippen MR) is 99.1 cm³/mol. The smallest absolute Gasteiger partial charge is 0.190 e. The van der Waals surface area contributed by atoms with Gasteiger partial charge in [0.15, 0.2) is 5.96 Å². The monoisotopic (exact) mass is 326 g/mol. The highest BCUT2D eigenvalue weighted by Crippen LogP contribution is 2.15. The fraction of sp³-hybridized carbons (Fsp3) is 0.944. The van der Waals surface area contributed by atoms with Crippen LogP contribution in [0.3, 0.4) is 0 Å². The zero-order valence-corrected chi connectivity index (χ0v) is 15.7. The van der Waals surface area contributed by atoms with Crippen molar-refractivity contribution in [3.8, 4) is 0 Å². The second kappa shape index (κ2) is 12.6. The molecule has 0 spiro atoms. The summed E-state index contributed by atoms with van der Waals surface area (Å²) in [7, 11) is 1.83. The van der Waals surface area contributed by atoms with E-state index in [1.54, 1.807) is 0 Å². The lowest BCUT2D eigenvalue weighted by Crippen LogP contribution is -2.40. The highest BCUT2D eigenvalue weighted by Gasteiger charge is 2.15. The van der Waals surface area contributed by atoms with Gasteiger partial charge >= 0.3 is 0 Å².